The summed E-state index contributed by atoms with van der Waals surface area (Å²) in [4.78, 5) is 25.2. The third-order valence-corrected chi connectivity index (χ3v) is 5.31. The molecule has 0 spiro atoms. The number of fused-ring (bicyclic) bond motifs is 1. The van der Waals surface area contributed by atoms with Gasteiger partial charge in [0.05, 0.1) is 9.40 Å². The minimum atomic E-state index is -0.463. The van der Waals surface area contributed by atoms with Crippen molar-refractivity contribution in [3.63, 3.8) is 0 Å². The molecule has 21 heavy (non-hydrogen) atoms. The molecule has 2 atom stereocenters. The number of rotatable bonds is 2. The number of nitrogens with zero attached hydrogens (tertiary/aromatic N) is 2. The van der Waals surface area contributed by atoms with Crippen LogP contribution in [0.2, 0.25) is 0 Å². The molecule has 1 aromatic carbocycles. The predicted molar refractivity (Wildman–Crippen MR) is 82.2 cm³/mol. The Balaban J connectivity index is 1.88. The highest BCUT2D eigenvalue weighted by Gasteiger charge is 2.37. The number of nitro benzene ring substituents is 1. The van der Waals surface area contributed by atoms with E-state index in [1.165, 1.54) is 25.3 Å². The molecule has 1 heterocycles. The first-order valence-electron chi connectivity index (χ1n) is 7.33. The molecule has 5 nitrogen and oxygen atoms in total. The molecule has 1 aliphatic heterocycles. The fourth-order valence-corrected chi connectivity index (χ4v) is 4.05. The number of piperidine rings is 1. The zero-order chi connectivity index (χ0) is 15.0. The van der Waals surface area contributed by atoms with E-state index >= 15 is 0 Å². The van der Waals surface area contributed by atoms with Gasteiger partial charge in [-0.25, -0.2) is 0 Å². The average molecular weight is 353 g/mol. The summed E-state index contributed by atoms with van der Waals surface area (Å²) in [7, 11) is 0. The summed E-state index contributed by atoms with van der Waals surface area (Å²) in [5.74, 6) is 0.551. The Bertz CT molecular complexity index is 590. The van der Waals surface area contributed by atoms with Gasteiger partial charge in [0.2, 0.25) is 0 Å². The molecule has 0 N–H and O–H groups in total. The predicted octanol–water partition coefficient (Wildman–Crippen LogP) is 3.76. The maximum absolute atomic E-state index is 12.7. The van der Waals surface area contributed by atoms with Gasteiger partial charge in [0.1, 0.15) is 0 Å². The largest absolute Gasteiger partial charge is 0.335 e. The molecule has 1 aliphatic carbocycles. The first-order chi connectivity index (χ1) is 10.1. The van der Waals surface area contributed by atoms with Crippen LogP contribution in [0, 0.1) is 16.0 Å². The molecule has 1 amide bonds. The molecule has 1 saturated heterocycles. The Hall–Kier alpha value is -1.43. The highest BCUT2D eigenvalue weighted by Crippen LogP contribution is 2.37. The van der Waals surface area contributed by atoms with Crippen LogP contribution in [0.15, 0.2) is 22.7 Å². The summed E-state index contributed by atoms with van der Waals surface area (Å²) in [6.45, 7) is 0.768. The van der Waals surface area contributed by atoms with E-state index in [-0.39, 0.29) is 11.6 Å². The SMILES string of the molecule is O=C(c1ccc(Br)c([N+](=O)[O-])c1)N1CCCC2CCCC21. The van der Waals surface area contributed by atoms with Gasteiger partial charge >= 0.3 is 0 Å². The van der Waals surface area contributed by atoms with Crippen LogP contribution in [-0.2, 0) is 0 Å². The topological polar surface area (TPSA) is 63.4 Å². The van der Waals surface area contributed by atoms with Gasteiger partial charge in [-0.3, -0.25) is 14.9 Å². The number of hydrogen-bond donors (Lipinski definition) is 0. The first-order valence-corrected chi connectivity index (χ1v) is 8.12. The highest BCUT2D eigenvalue weighted by molar-refractivity contribution is 9.10. The standard InChI is InChI=1S/C15H17BrN2O3/c16-12-7-6-11(9-14(12)18(20)21)15(19)17-8-2-4-10-3-1-5-13(10)17/h6-7,9-10,13H,1-5,8H2. The van der Waals surface area contributed by atoms with Crippen LogP contribution >= 0.6 is 15.9 Å². The van der Waals surface area contributed by atoms with Crippen molar-refractivity contribution in [3.05, 3.63) is 38.3 Å². The second-order valence-corrected chi connectivity index (χ2v) is 6.68. The van der Waals surface area contributed by atoms with Crippen molar-refractivity contribution in [3.8, 4) is 0 Å². The highest BCUT2D eigenvalue weighted by atomic mass is 79.9. The van der Waals surface area contributed by atoms with E-state index in [0.717, 1.165) is 19.4 Å². The van der Waals surface area contributed by atoms with Crippen molar-refractivity contribution in [2.24, 2.45) is 5.92 Å². The summed E-state index contributed by atoms with van der Waals surface area (Å²) in [5.41, 5.74) is 0.360. The maximum Gasteiger partial charge on any atom is 0.284 e. The number of likely N-dealkylation sites (tertiary alicyclic amines) is 1. The zero-order valence-corrected chi connectivity index (χ0v) is 13.2. The van der Waals surface area contributed by atoms with Crippen LogP contribution < -0.4 is 0 Å². The Labute approximate surface area is 131 Å². The monoisotopic (exact) mass is 352 g/mol. The Kier molecular flexibility index (Phi) is 3.97. The molecular formula is C15H17BrN2O3. The maximum atomic E-state index is 12.7. The van der Waals surface area contributed by atoms with E-state index in [2.05, 4.69) is 15.9 Å². The number of halogens is 1. The first kappa shape index (κ1) is 14.5. The number of amides is 1. The lowest BCUT2D eigenvalue weighted by molar-refractivity contribution is -0.385. The molecule has 112 valence electrons. The number of benzene rings is 1. The van der Waals surface area contributed by atoms with Crippen LogP contribution in [0.1, 0.15) is 42.5 Å². The lowest BCUT2D eigenvalue weighted by Crippen LogP contribution is -2.46. The molecule has 2 fully saturated rings. The molecule has 0 aromatic heterocycles. The summed E-state index contributed by atoms with van der Waals surface area (Å²) in [5, 5.41) is 11.0. The lowest BCUT2D eigenvalue weighted by Gasteiger charge is -2.37. The van der Waals surface area contributed by atoms with Crippen molar-refractivity contribution in [2.75, 3.05) is 6.54 Å². The molecular weight excluding hydrogens is 336 g/mol. The fraction of sp³-hybridized carbons (Fsp3) is 0.533. The van der Waals surface area contributed by atoms with E-state index in [0.29, 0.717) is 22.0 Å². The molecule has 0 radical (unpaired) electrons. The molecule has 2 aliphatic rings. The van der Waals surface area contributed by atoms with Crippen molar-refractivity contribution in [2.45, 2.75) is 38.1 Å². The molecule has 6 heteroatoms. The van der Waals surface area contributed by atoms with Gasteiger partial charge in [-0.15, -0.1) is 0 Å². The summed E-state index contributed by atoms with van der Waals surface area (Å²) >= 11 is 3.15. The van der Waals surface area contributed by atoms with E-state index in [4.69, 9.17) is 0 Å². The van der Waals surface area contributed by atoms with Crippen molar-refractivity contribution in [1.82, 2.24) is 4.90 Å². The van der Waals surface area contributed by atoms with Crippen molar-refractivity contribution < 1.29 is 9.72 Å². The average Bonchev–Trinajstić information content (AvgIpc) is 2.95. The molecule has 0 bridgehead atoms. The van der Waals surface area contributed by atoms with Crippen LogP contribution in [0.25, 0.3) is 0 Å². The smallest absolute Gasteiger partial charge is 0.284 e. The van der Waals surface area contributed by atoms with Crippen LogP contribution in [0.4, 0.5) is 5.69 Å². The minimum Gasteiger partial charge on any atom is -0.335 e. The molecule has 1 saturated carbocycles. The second kappa shape index (κ2) is 5.75. The van der Waals surface area contributed by atoms with E-state index in [9.17, 15) is 14.9 Å². The van der Waals surface area contributed by atoms with Crippen LogP contribution in [0.3, 0.4) is 0 Å². The van der Waals surface area contributed by atoms with Gasteiger partial charge in [0.25, 0.3) is 11.6 Å². The van der Waals surface area contributed by atoms with Gasteiger partial charge in [-0.05, 0) is 59.7 Å². The number of carbonyl (C=O) groups excluding carboxylic acids is 1. The van der Waals surface area contributed by atoms with Crippen molar-refractivity contribution >= 4 is 27.5 Å². The third kappa shape index (κ3) is 2.69. The third-order valence-electron chi connectivity index (χ3n) is 4.64. The lowest BCUT2D eigenvalue weighted by atomic mass is 9.91. The summed E-state index contributed by atoms with van der Waals surface area (Å²) in [6.07, 6.45) is 5.68. The Morgan fingerprint density at radius 1 is 1.29 bits per heavy atom. The van der Waals surface area contributed by atoms with E-state index < -0.39 is 4.92 Å². The Morgan fingerprint density at radius 3 is 2.81 bits per heavy atom. The van der Waals surface area contributed by atoms with Crippen molar-refractivity contribution in [1.29, 1.82) is 0 Å². The summed E-state index contributed by atoms with van der Waals surface area (Å²) < 4.78 is 0.404. The quantitative estimate of drug-likeness (QED) is 0.601. The second-order valence-electron chi connectivity index (χ2n) is 5.82. The Morgan fingerprint density at radius 2 is 2.05 bits per heavy atom. The zero-order valence-electron chi connectivity index (χ0n) is 11.6. The van der Waals surface area contributed by atoms with Gasteiger partial charge in [0, 0.05) is 24.2 Å². The van der Waals surface area contributed by atoms with Gasteiger partial charge in [-0.1, -0.05) is 6.42 Å². The molecule has 3 rings (SSSR count). The number of nitro groups is 1. The fourth-order valence-electron chi connectivity index (χ4n) is 3.66. The van der Waals surface area contributed by atoms with Gasteiger partial charge < -0.3 is 4.90 Å². The van der Waals surface area contributed by atoms with Crippen LogP contribution in [-0.4, -0.2) is 28.3 Å². The van der Waals surface area contributed by atoms with E-state index in [1.54, 1.807) is 12.1 Å². The molecule has 1 aromatic rings. The summed E-state index contributed by atoms with van der Waals surface area (Å²) in [6, 6.07) is 4.96. The number of hydrogen-bond acceptors (Lipinski definition) is 3. The number of carbonyl (C=O) groups is 1. The van der Waals surface area contributed by atoms with Gasteiger partial charge in [0.15, 0.2) is 0 Å². The van der Waals surface area contributed by atoms with Gasteiger partial charge in [-0.2, -0.15) is 0 Å². The van der Waals surface area contributed by atoms with Crippen LogP contribution in [0.5, 0.6) is 0 Å². The minimum absolute atomic E-state index is 0.0548. The molecule has 2 unspecified atom stereocenters. The normalized spacial score (nSPS) is 24.7. The van der Waals surface area contributed by atoms with E-state index in [1.807, 2.05) is 4.90 Å².